The Morgan fingerprint density at radius 3 is 2.76 bits per heavy atom. The van der Waals surface area contributed by atoms with E-state index in [1.165, 1.54) is 11.8 Å². The number of nitrogens with zero attached hydrogens (tertiary/aromatic N) is 3. The maximum atomic E-state index is 11.9. The summed E-state index contributed by atoms with van der Waals surface area (Å²) in [5, 5.41) is 5.27. The van der Waals surface area contributed by atoms with Gasteiger partial charge in [0.2, 0.25) is 0 Å². The van der Waals surface area contributed by atoms with Gasteiger partial charge in [0.05, 0.1) is 16.5 Å². The van der Waals surface area contributed by atoms with Crippen molar-refractivity contribution in [2.24, 2.45) is 14.1 Å². The first-order valence-electron chi connectivity index (χ1n) is 5.35. The highest BCUT2D eigenvalue weighted by atomic mass is 32.2. The van der Waals surface area contributed by atoms with Crippen molar-refractivity contribution in [3.05, 3.63) is 35.8 Å². The van der Waals surface area contributed by atoms with E-state index in [0.717, 1.165) is 16.3 Å². The normalized spacial score (nSPS) is 10.8. The van der Waals surface area contributed by atoms with Gasteiger partial charge in [-0.15, -0.1) is 0 Å². The first-order valence-corrected chi connectivity index (χ1v) is 6.33. The Kier molecular flexibility index (Phi) is 3.38. The molecule has 0 radical (unpaired) electrons. The monoisotopic (exact) mass is 249 g/mol. The van der Waals surface area contributed by atoms with Crippen LogP contribution in [0.25, 0.3) is 0 Å². The maximum Gasteiger partial charge on any atom is 0.174 e. The molecule has 0 bridgehead atoms. The minimum Gasteiger partial charge on any atom is -0.357 e. The quantitative estimate of drug-likeness (QED) is 0.615. The van der Waals surface area contributed by atoms with Crippen molar-refractivity contribution in [2.75, 3.05) is 5.75 Å². The molecule has 0 fully saturated rings. The summed E-state index contributed by atoms with van der Waals surface area (Å²) < 4.78 is 3.68. The molecule has 0 aliphatic heterocycles. The number of aryl methyl sites for hydroxylation is 3. The minimum atomic E-state index is 0.148. The third-order valence-corrected chi connectivity index (χ3v) is 3.55. The molecule has 0 saturated heterocycles. The number of rotatable bonds is 4. The molecule has 4 nitrogen and oxygen atoms in total. The molecule has 0 spiro atoms. The highest BCUT2D eigenvalue weighted by Gasteiger charge is 2.09. The van der Waals surface area contributed by atoms with Crippen LogP contribution in [0.5, 0.6) is 0 Å². The third-order valence-electron chi connectivity index (χ3n) is 2.46. The third kappa shape index (κ3) is 2.79. The number of carbonyl (C=O) groups excluding carboxylic acids is 1. The van der Waals surface area contributed by atoms with Crippen LogP contribution in [0, 0.1) is 6.92 Å². The smallest absolute Gasteiger partial charge is 0.174 e. The second-order valence-electron chi connectivity index (χ2n) is 4.03. The molecule has 2 aromatic heterocycles. The van der Waals surface area contributed by atoms with Crippen LogP contribution in [0.2, 0.25) is 0 Å². The molecule has 0 amide bonds. The first-order chi connectivity index (χ1) is 8.06. The zero-order valence-electron chi connectivity index (χ0n) is 10.2. The average molecular weight is 249 g/mol. The Hall–Kier alpha value is -1.49. The predicted molar refractivity (Wildman–Crippen MR) is 68.4 cm³/mol. The standard InChI is InChI=1S/C12H15N3OS/c1-9-6-12(15(3)13-9)17-8-11(16)10-4-5-14(2)7-10/h4-7H,8H2,1-3H3. The maximum absolute atomic E-state index is 11.9. The summed E-state index contributed by atoms with van der Waals surface area (Å²) in [5.74, 6) is 0.595. The number of hydrogen-bond acceptors (Lipinski definition) is 3. The molecule has 5 heteroatoms. The van der Waals surface area contributed by atoms with Crippen molar-refractivity contribution in [3.8, 4) is 0 Å². The molecule has 0 atom stereocenters. The molecule has 17 heavy (non-hydrogen) atoms. The number of Topliss-reactive ketones (excluding diaryl/α,β-unsaturated/α-hetero) is 1. The van der Waals surface area contributed by atoms with E-state index in [-0.39, 0.29) is 5.78 Å². The van der Waals surface area contributed by atoms with E-state index in [2.05, 4.69) is 5.10 Å². The summed E-state index contributed by atoms with van der Waals surface area (Å²) in [6.45, 7) is 1.95. The number of hydrogen-bond donors (Lipinski definition) is 0. The fraction of sp³-hybridized carbons (Fsp3) is 0.333. The van der Waals surface area contributed by atoms with Gasteiger partial charge in [-0.3, -0.25) is 9.48 Å². The van der Waals surface area contributed by atoms with Gasteiger partial charge >= 0.3 is 0 Å². The highest BCUT2D eigenvalue weighted by molar-refractivity contribution is 7.99. The fourth-order valence-electron chi connectivity index (χ4n) is 1.61. The minimum absolute atomic E-state index is 0.148. The molecule has 2 rings (SSSR count). The van der Waals surface area contributed by atoms with E-state index < -0.39 is 0 Å². The van der Waals surface area contributed by atoms with Gasteiger partial charge in [0.1, 0.15) is 0 Å². The van der Waals surface area contributed by atoms with E-state index in [9.17, 15) is 4.79 Å². The van der Waals surface area contributed by atoms with Gasteiger partial charge in [-0.25, -0.2) is 0 Å². The Bertz CT molecular complexity index is 542. The van der Waals surface area contributed by atoms with Crippen LogP contribution in [0.3, 0.4) is 0 Å². The van der Waals surface area contributed by atoms with Gasteiger partial charge in [-0.1, -0.05) is 11.8 Å². The first kappa shape index (κ1) is 12.0. The van der Waals surface area contributed by atoms with Crippen molar-refractivity contribution in [1.29, 1.82) is 0 Å². The zero-order chi connectivity index (χ0) is 12.4. The largest absolute Gasteiger partial charge is 0.357 e. The summed E-state index contributed by atoms with van der Waals surface area (Å²) in [6, 6.07) is 3.83. The summed E-state index contributed by atoms with van der Waals surface area (Å²) >= 11 is 1.52. The Labute approximate surface area is 105 Å². The Morgan fingerprint density at radius 2 is 2.24 bits per heavy atom. The van der Waals surface area contributed by atoms with E-state index in [0.29, 0.717) is 5.75 Å². The van der Waals surface area contributed by atoms with E-state index >= 15 is 0 Å². The van der Waals surface area contributed by atoms with Crippen LogP contribution >= 0.6 is 11.8 Å². The molecule has 0 aromatic carbocycles. The van der Waals surface area contributed by atoms with E-state index in [1.54, 1.807) is 4.68 Å². The van der Waals surface area contributed by atoms with Crippen LogP contribution < -0.4 is 0 Å². The molecular weight excluding hydrogens is 234 g/mol. The van der Waals surface area contributed by atoms with Gasteiger partial charge < -0.3 is 4.57 Å². The van der Waals surface area contributed by atoms with Crippen LogP contribution in [0.4, 0.5) is 0 Å². The number of aromatic nitrogens is 3. The molecule has 2 aromatic rings. The molecule has 2 heterocycles. The van der Waals surface area contributed by atoms with Crippen LogP contribution in [-0.2, 0) is 14.1 Å². The lowest BCUT2D eigenvalue weighted by Crippen LogP contribution is -2.02. The van der Waals surface area contributed by atoms with E-state index in [1.807, 2.05) is 50.1 Å². The van der Waals surface area contributed by atoms with Crippen molar-refractivity contribution >= 4 is 17.5 Å². The summed E-state index contributed by atoms with van der Waals surface area (Å²) in [7, 11) is 3.80. The van der Waals surface area contributed by atoms with Crippen molar-refractivity contribution < 1.29 is 4.79 Å². The van der Waals surface area contributed by atoms with E-state index in [4.69, 9.17) is 0 Å². The molecule has 0 saturated carbocycles. The highest BCUT2D eigenvalue weighted by Crippen LogP contribution is 2.19. The SMILES string of the molecule is Cc1cc(SCC(=O)c2ccn(C)c2)n(C)n1. The van der Waals surface area contributed by atoms with Gasteiger partial charge in [-0.2, -0.15) is 5.10 Å². The average Bonchev–Trinajstić information content (AvgIpc) is 2.82. The second-order valence-corrected chi connectivity index (χ2v) is 5.02. The second kappa shape index (κ2) is 4.79. The lowest BCUT2D eigenvalue weighted by molar-refractivity contribution is 0.102. The van der Waals surface area contributed by atoms with Crippen LogP contribution in [0.15, 0.2) is 29.6 Å². The molecule has 90 valence electrons. The fourth-order valence-corrected chi connectivity index (χ4v) is 2.54. The van der Waals surface area contributed by atoms with Crippen molar-refractivity contribution in [1.82, 2.24) is 14.3 Å². The molecule has 0 N–H and O–H groups in total. The Balaban J connectivity index is 1.99. The van der Waals surface area contributed by atoms with Crippen LogP contribution in [-0.4, -0.2) is 25.9 Å². The number of ketones is 1. The lowest BCUT2D eigenvalue weighted by Gasteiger charge is -2.00. The molecule has 0 aliphatic rings. The van der Waals surface area contributed by atoms with Crippen LogP contribution in [0.1, 0.15) is 16.1 Å². The van der Waals surface area contributed by atoms with Crippen molar-refractivity contribution in [2.45, 2.75) is 11.9 Å². The molecule has 0 aliphatic carbocycles. The van der Waals surface area contributed by atoms with Gasteiger partial charge in [0.25, 0.3) is 0 Å². The summed E-state index contributed by atoms with van der Waals surface area (Å²) in [6.07, 6.45) is 3.73. The zero-order valence-corrected chi connectivity index (χ0v) is 11.0. The topological polar surface area (TPSA) is 39.8 Å². The van der Waals surface area contributed by atoms with Gasteiger partial charge in [-0.05, 0) is 19.1 Å². The Morgan fingerprint density at radius 1 is 1.47 bits per heavy atom. The van der Waals surface area contributed by atoms with Gasteiger partial charge in [0, 0.05) is 32.1 Å². The number of thioether (sulfide) groups is 1. The number of carbonyl (C=O) groups is 1. The lowest BCUT2D eigenvalue weighted by atomic mass is 10.2. The van der Waals surface area contributed by atoms with Crippen molar-refractivity contribution in [3.63, 3.8) is 0 Å². The molecular formula is C12H15N3OS. The summed E-state index contributed by atoms with van der Waals surface area (Å²) in [5.41, 5.74) is 1.74. The molecule has 0 unspecified atom stereocenters. The van der Waals surface area contributed by atoms with Gasteiger partial charge in [0.15, 0.2) is 5.78 Å². The predicted octanol–water partition coefficient (Wildman–Crippen LogP) is 2.04. The summed E-state index contributed by atoms with van der Waals surface area (Å²) in [4.78, 5) is 11.9.